The van der Waals surface area contributed by atoms with Crippen LogP contribution in [0.15, 0.2) is 0 Å². The van der Waals surface area contributed by atoms with E-state index in [1.54, 1.807) is 7.11 Å². The van der Waals surface area contributed by atoms with Gasteiger partial charge in [0.15, 0.2) is 0 Å². The van der Waals surface area contributed by atoms with E-state index in [0.717, 1.165) is 17.9 Å². The summed E-state index contributed by atoms with van der Waals surface area (Å²) in [4.78, 5) is 0.833. The van der Waals surface area contributed by atoms with Gasteiger partial charge in [0, 0.05) is 0 Å². The molecule has 0 heterocycles. The van der Waals surface area contributed by atoms with Crippen molar-refractivity contribution in [2.75, 3.05) is 18.6 Å². The molecule has 0 aromatic carbocycles. The van der Waals surface area contributed by atoms with Crippen molar-refractivity contribution in [2.45, 2.75) is 13.3 Å². The van der Waals surface area contributed by atoms with Gasteiger partial charge in [-0.3, -0.25) is 0 Å². The Balaban J connectivity index is 2.53. The molecule has 0 saturated carbocycles. The molecule has 2 nitrogen and oxygen atoms in total. The van der Waals surface area contributed by atoms with E-state index in [-0.39, 0.29) is 19.5 Å². The SMILES string of the molecule is CCC[O][Ti][CH2]OC. The van der Waals surface area contributed by atoms with Crippen LogP contribution in [0, 0.1) is 0 Å². The first-order valence-electron chi connectivity index (χ1n) is 2.75. The Morgan fingerprint density at radius 2 is 2.25 bits per heavy atom. The van der Waals surface area contributed by atoms with Crippen LogP contribution in [0.4, 0.5) is 0 Å². The second kappa shape index (κ2) is 7.63. The summed E-state index contributed by atoms with van der Waals surface area (Å²) in [6.45, 7) is 3.02. The molecule has 0 aliphatic rings. The maximum absolute atomic E-state index is 5.22. The van der Waals surface area contributed by atoms with Crippen LogP contribution in [-0.2, 0) is 27.6 Å². The van der Waals surface area contributed by atoms with Crippen LogP contribution in [-0.4, -0.2) is 18.6 Å². The molecule has 3 heteroatoms. The summed E-state index contributed by atoms with van der Waals surface area (Å²) < 4.78 is 10.0. The molecule has 0 N–H and O–H groups in total. The van der Waals surface area contributed by atoms with Crippen molar-refractivity contribution < 1.29 is 27.6 Å². The van der Waals surface area contributed by atoms with Gasteiger partial charge in [0.25, 0.3) is 0 Å². The molecular weight excluding hydrogens is 140 g/mol. The molecule has 0 bridgehead atoms. The molecule has 0 atom stereocenters. The minimum atomic E-state index is -0.217. The fourth-order valence-electron chi connectivity index (χ4n) is 0.275. The van der Waals surface area contributed by atoms with E-state index in [0.29, 0.717) is 0 Å². The predicted molar refractivity (Wildman–Crippen MR) is 28.1 cm³/mol. The number of ether oxygens (including phenoxy) is 1. The summed E-state index contributed by atoms with van der Waals surface area (Å²) in [5.41, 5.74) is 0. The van der Waals surface area contributed by atoms with Gasteiger partial charge in [-0.1, -0.05) is 0 Å². The van der Waals surface area contributed by atoms with Crippen LogP contribution in [0.25, 0.3) is 0 Å². The molecule has 0 radical (unpaired) electrons. The Morgan fingerprint density at radius 3 is 2.75 bits per heavy atom. The van der Waals surface area contributed by atoms with Gasteiger partial charge in [0.1, 0.15) is 0 Å². The average molecular weight is 152 g/mol. The number of rotatable bonds is 5. The summed E-state index contributed by atoms with van der Waals surface area (Å²) >= 11 is -0.217. The van der Waals surface area contributed by atoms with Crippen molar-refractivity contribution in [3.8, 4) is 0 Å². The van der Waals surface area contributed by atoms with Crippen LogP contribution in [0.2, 0.25) is 0 Å². The number of hydrogen-bond acceptors (Lipinski definition) is 2. The Hall–Kier alpha value is 0.634. The fourth-order valence-corrected chi connectivity index (χ4v) is 1.13. The molecule has 0 saturated heterocycles. The van der Waals surface area contributed by atoms with Crippen molar-refractivity contribution in [3.05, 3.63) is 0 Å². The van der Waals surface area contributed by atoms with Gasteiger partial charge in [-0.25, -0.2) is 0 Å². The Labute approximate surface area is 60.0 Å². The van der Waals surface area contributed by atoms with E-state index in [1.807, 2.05) is 0 Å². The Morgan fingerprint density at radius 1 is 1.50 bits per heavy atom. The molecule has 0 aromatic heterocycles. The number of methoxy groups -OCH3 is 1. The monoisotopic (exact) mass is 152 g/mol. The topological polar surface area (TPSA) is 18.5 Å². The second-order valence-corrected chi connectivity index (χ2v) is 2.78. The van der Waals surface area contributed by atoms with Crippen LogP contribution < -0.4 is 0 Å². The third-order valence-corrected chi connectivity index (χ3v) is 1.88. The van der Waals surface area contributed by atoms with Gasteiger partial charge < -0.3 is 0 Å². The summed E-state index contributed by atoms with van der Waals surface area (Å²) in [6.07, 6.45) is 1.12. The van der Waals surface area contributed by atoms with E-state index in [2.05, 4.69) is 6.92 Å². The third kappa shape index (κ3) is 6.63. The van der Waals surface area contributed by atoms with E-state index in [1.165, 1.54) is 0 Å². The van der Waals surface area contributed by atoms with Crippen molar-refractivity contribution in [2.24, 2.45) is 0 Å². The van der Waals surface area contributed by atoms with Crippen LogP contribution in [0.1, 0.15) is 13.3 Å². The molecule has 48 valence electrons. The summed E-state index contributed by atoms with van der Waals surface area (Å²) in [5.74, 6) is 0. The molecule has 0 unspecified atom stereocenters. The summed E-state index contributed by atoms with van der Waals surface area (Å²) in [5, 5.41) is 0. The molecule has 0 rings (SSSR count). The zero-order valence-corrected chi connectivity index (χ0v) is 7.00. The molecule has 0 amide bonds. The fraction of sp³-hybridized carbons (Fsp3) is 1.00. The molecular formula is C5H12O2Ti. The van der Waals surface area contributed by atoms with Crippen molar-refractivity contribution in [3.63, 3.8) is 0 Å². The molecule has 0 spiro atoms. The average Bonchev–Trinajstić information content (AvgIpc) is 1.81. The first kappa shape index (κ1) is 8.63. The van der Waals surface area contributed by atoms with Crippen molar-refractivity contribution >= 4 is 0 Å². The summed E-state index contributed by atoms with van der Waals surface area (Å²) in [6, 6.07) is 0. The second-order valence-electron chi connectivity index (χ2n) is 1.43. The molecule has 0 aliphatic heterocycles. The van der Waals surface area contributed by atoms with Gasteiger partial charge in [0.2, 0.25) is 0 Å². The van der Waals surface area contributed by atoms with E-state index in [9.17, 15) is 0 Å². The standard InChI is InChI=1S/C3H7O.C2H5O.Ti/c1-2-3-4;1-3-2;/h2-3H2,1H3;1H2,2H3;/q-1;;+1. The maximum atomic E-state index is 5.22. The minimum absolute atomic E-state index is 0.217. The molecule has 8 heavy (non-hydrogen) atoms. The van der Waals surface area contributed by atoms with Crippen molar-refractivity contribution in [1.29, 1.82) is 0 Å². The van der Waals surface area contributed by atoms with Crippen LogP contribution in [0.3, 0.4) is 0 Å². The molecule has 0 fully saturated rings. The predicted octanol–water partition coefficient (Wildman–Crippen LogP) is 1.01. The van der Waals surface area contributed by atoms with Gasteiger partial charge in [-0.2, -0.15) is 0 Å². The van der Waals surface area contributed by atoms with Crippen LogP contribution in [0.5, 0.6) is 0 Å². The zero-order valence-electron chi connectivity index (χ0n) is 5.44. The first-order valence-corrected chi connectivity index (χ1v) is 4.49. The van der Waals surface area contributed by atoms with Crippen molar-refractivity contribution in [1.82, 2.24) is 0 Å². The number of hydrogen-bond donors (Lipinski definition) is 0. The van der Waals surface area contributed by atoms with Gasteiger partial charge in [-0.15, -0.1) is 0 Å². The first-order chi connectivity index (χ1) is 3.91. The Bertz CT molecular complexity index is 35.4. The molecule has 0 aliphatic carbocycles. The zero-order chi connectivity index (χ0) is 6.24. The third-order valence-electron chi connectivity index (χ3n) is 0.612. The van der Waals surface area contributed by atoms with Gasteiger partial charge in [0.05, 0.1) is 0 Å². The van der Waals surface area contributed by atoms with Crippen LogP contribution >= 0.6 is 0 Å². The van der Waals surface area contributed by atoms with E-state index < -0.39 is 0 Å². The van der Waals surface area contributed by atoms with E-state index >= 15 is 0 Å². The summed E-state index contributed by atoms with van der Waals surface area (Å²) in [7, 11) is 1.71. The quantitative estimate of drug-likeness (QED) is 0.432. The van der Waals surface area contributed by atoms with Gasteiger partial charge >= 0.3 is 59.6 Å². The molecule has 0 aromatic rings. The Kier molecular flexibility index (Phi) is 8.24. The van der Waals surface area contributed by atoms with E-state index in [4.69, 9.17) is 8.06 Å². The normalized spacial score (nSPS) is 9.25. The van der Waals surface area contributed by atoms with Gasteiger partial charge in [-0.05, 0) is 0 Å².